The Hall–Kier alpha value is -2.90. The van der Waals surface area contributed by atoms with Crippen LogP contribution in [0.15, 0.2) is 66.9 Å². The minimum absolute atomic E-state index is 0.228. The van der Waals surface area contributed by atoms with E-state index in [4.69, 9.17) is 17.0 Å². The van der Waals surface area contributed by atoms with Gasteiger partial charge in [-0.15, -0.1) is 0 Å². The number of thiocarbonyl (C=S) groups is 1. The molecule has 0 spiro atoms. The summed E-state index contributed by atoms with van der Waals surface area (Å²) in [5.41, 5.74) is 4.04. The van der Waals surface area contributed by atoms with Crippen molar-refractivity contribution in [3.63, 3.8) is 0 Å². The van der Waals surface area contributed by atoms with E-state index in [2.05, 4.69) is 16.1 Å². The average Bonchev–Trinajstić information content (AvgIpc) is 3.01. The highest BCUT2D eigenvalue weighted by molar-refractivity contribution is 7.80. The van der Waals surface area contributed by atoms with Crippen LogP contribution in [0.4, 0.5) is 5.69 Å². The molecule has 2 aromatic rings. The molecule has 0 bridgehead atoms. The Bertz CT molecular complexity index is 856. The molecule has 7 heteroatoms. The molecule has 1 unspecified atom stereocenters. The topological polar surface area (TPSA) is 65.6 Å². The van der Waals surface area contributed by atoms with E-state index in [-0.39, 0.29) is 11.0 Å². The number of hydrogen-bond acceptors (Lipinski definition) is 5. The summed E-state index contributed by atoms with van der Waals surface area (Å²) in [6.45, 7) is 2.26. The summed E-state index contributed by atoms with van der Waals surface area (Å²) in [5.74, 6) is 0.476. The van der Waals surface area contributed by atoms with Gasteiger partial charge in [0.2, 0.25) is 0 Å². The molecule has 3 rings (SSSR count). The van der Waals surface area contributed by atoms with Crippen molar-refractivity contribution >= 4 is 28.9 Å². The van der Waals surface area contributed by atoms with Gasteiger partial charge >= 0.3 is 0 Å². The maximum atomic E-state index is 12.4. The molecule has 0 saturated heterocycles. The molecule has 1 aliphatic heterocycles. The van der Waals surface area contributed by atoms with E-state index < -0.39 is 5.54 Å². The van der Waals surface area contributed by atoms with Gasteiger partial charge in [-0.05, 0) is 42.9 Å². The molecule has 6 nitrogen and oxygen atoms in total. The first-order valence-electron chi connectivity index (χ1n) is 8.54. The van der Waals surface area contributed by atoms with Gasteiger partial charge in [0.1, 0.15) is 17.9 Å². The van der Waals surface area contributed by atoms with Gasteiger partial charge in [-0.1, -0.05) is 36.4 Å². The van der Waals surface area contributed by atoms with Crippen molar-refractivity contribution in [1.29, 1.82) is 0 Å². The van der Waals surface area contributed by atoms with Gasteiger partial charge in [-0.3, -0.25) is 4.79 Å². The van der Waals surface area contributed by atoms with Crippen LogP contribution in [0, 0.1) is 0 Å². The maximum absolute atomic E-state index is 12.4. The molecular formula is C20H22N4O2S. The lowest BCUT2D eigenvalue weighted by Crippen LogP contribution is -2.55. The summed E-state index contributed by atoms with van der Waals surface area (Å²) in [7, 11) is 1.83. The van der Waals surface area contributed by atoms with Crippen molar-refractivity contribution in [3.05, 3.63) is 72.4 Å². The van der Waals surface area contributed by atoms with Crippen LogP contribution in [0.1, 0.15) is 12.5 Å². The summed E-state index contributed by atoms with van der Waals surface area (Å²) < 4.78 is 5.81. The number of hydrazine groups is 1. The molecule has 0 saturated carbocycles. The number of carbonyl (C=O) groups is 1. The molecule has 140 valence electrons. The Balaban J connectivity index is 1.55. The summed E-state index contributed by atoms with van der Waals surface area (Å²) in [6, 6.07) is 17.4. The second kappa shape index (κ2) is 8.20. The monoisotopic (exact) mass is 382 g/mol. The Morgan fingerprint density at radius 3 is 2.70 bits per heavy atom. The van der Waals surface area contributed by atoms with Crippen LogP contribution < -0.4 is 20.8 Å². The Labute approximate surface area is 164 Å². The van der Waals surface area contributed by atoms with E-state index >= 15 is 0 Å². The fraction of sp³-hybridized carbons (Fsp3) is 0.200. The summed E-state index contributed by atoms with van der Waals surface area (Å²) >= 11 is 5.26. The lowest BCUT2D eigenvalue weighted by molar-refractivity contribution is -0.124. The maximum Gasteiger partial charge on any atom is 0.251 e. The first-order valence-corrected chi connectivity index (χ1v) is 8.95. The first kappa shape index (κ1) is 18.9. The summed E-state index contributed by atoms with van der Waals surface area (Å²) in [6.07, 6.45) is 3.58. The fourth-order valence-corrected chi connectivity index (χ4v) is 2.84. The second-order valence-corrected chi connectivity index (χ2v) is 6.86. The quantitative estimate of drug-likeness (QED) is 0.691. The molecule has 2 aromatic carbocycles. The normalized spacial score (nSPS) is 18.2. The zero-order valence-electron chi connectivity index (χ0n) is 15.2. The number of anilines is 1. The largest absolute Gasteiger partial charge is 0.489 e. The van der Waals surface area contributed by atoms with Crippen molar-refractivity contribution < 1.29 is 9.53 Å². The Morgan fingerprint density at radius 1 is 1.22 bits per heavy atom. The van der Waals surface area contributed by atoms with Gasteiger partial charge in [0.05, 0.1) is 0 Å². The highest BCUT2D eigenvalue weighted by atomic mass is 32.1. The minimum atomic E-state index is -0.832. The zero-order valence-corrected chi connectivity index (χ0v) is 16.0. The number of hydrogen-bond donors (Lipinski definition) is 3. The smallest absolute Gasteiger partial charge is 0.251 e. The third-order valence-electron chi connectivity index (χ3n) is 4.08. The van der Waals surface area contributed by atoms with Crippen molar-refractivity contribution in [2.75, 3.05) is 12.4 Å². The van der Waals surface area contributed by atoms with Crippen LogP contribution in [0.2, 0.25) is 0 Å². The number of carbonyl (C=O) groups excluding carboxylic acids is 1. The molecular weight excluding hydrogens is 360 g/mol. The van der Waals surface area contributed by atoms with Gasteiger partial charge in [-0.2, -0.15) is 0 Å². The molecule has 3 N–H and O–H groups in total. The Morgan fingerprint density at radius 2 is 2.00 bits per heavy atom. The molecule has 1 atom stereocenters. The van der Waals surface area contributed by atoms with E-state index in [1.54, 1.807) is 24.2 Å². The van der Waals surface area contributed by atoms with E-state index in [0.717, 1.165) is 11.3 Å². The van der Waals surface area contributed by atoms with Crippen LogP contribution in [-0.2, 0) is 11.4 Å². The third-order valence-corrected chi connectivity index (χ3v) is 4.28. The van der Waals surface area contributed by atoms with E-state index in [1.807, 2.05) is 61.6 Å². The SMILES string of the molecule is CN1C=CC(C)(C(=O)NC(=S)Nc2cccc(OCc3ccccc3)c2)N1. The minimum Gasteiger partial charge on any atom is -0.489 e. The van der Waals surface area contributed by atoms with Gasteiger partial charge in [0, 0.05) is 25.0 Å². The Kier molecular flexibility index (Phi) is 5.73. The lowest BCUT2D eigenvalue weighted by Gasteiger charge is -2.24. The molecule has 1 aliphatic rings. The van der Waals surface area contributed by atoms with Crippen LogP contribution in [-0.4, -0.2) is 28.6 Å². The predicted octanol–water partition coefficient (Wildman–Crippen LogP) is 2.80. The number of nitrogens with one attached hydrogen (secondary N) is 3. The molecule has 1 amide bonds. The highest BCUT2D eigenvalue weighted by Gasteiger charge is 2.35. The molecule has 1 heterocycles. The fourth-order valence-electron chi connectivity index (χ4n) is 2.63. The van der Waals surface area contributed by atoms with Gasteiger partial charge in [-0.25, -0.2) is 5.43 Å². The third kappa shape index (κ3) is 5.06. The number of rotatable bonds is 5. The predicted molar refractivity (Wildman–Crippen MR) is 110 cm³/mol. The van der Waals surface area contributed by atoms with Gasteiger partial charge in [0.25, 0.3) is 5.91 Å². The van der Waals surface area contributed by atoms with E-state index in [1.165, 1.54) is 0 Å². The zero-order chi connectivity index (χ0) is 19.3. The highest BCUT2D eigenvalue weighted by Crippen LogP contribution is 2.19. The van der Waals surface area contributed by atoms with Crippen LogP contribution >= 0.6 is 12.2 Å². The van der Waals surface area contributed by atoms with Gasteiger partial charge < -0.3 is 20.4 Å². The number of benzene rings is 2. The summed E-state index contributed by atoms with van der Waals surface area (Å²) in [5, 5.41) is 7.68. The van der Waals surface area contributed by atoms with Crippen LogP contribution in [0.3, 0.4) is 0 Å². The van der Waals surface area contributed by atoms with E-state index in [9.17, 15) is 4.79 Å². The standard InChI is InChI=1S/C20H22N4O2S/c1-20(11-12-24(2)23-20)18(25)22-19(27)21-16-9-6-10-17(13-16)26-14-15-7-4-3-5-8-15/h3-13,23H,14H2,1-2H3,(H2,21,22,25,27). The van der Waals surface area contributed by atoms with Crippen LogP contribution in [0.5, 0.6) is 5.75 Å². The van der Waals surface area contributed by atoms with Crippen molar-refractivity contribution in [3.8, 4) is 5.75 Å². The number of ether oxygens (including phenoxy) is 1. The lowest BCUT2D eigenvalue weighted by atomic mass is 10.0. The number of amides is 1. The molecule has 0 aromatic heterocycles. The van der Waals surface area contributed by atoms with Crippen molar-refractivity contribution in [2.45, 2.75) is 19.1 Å². The average molecular weight is 382 g/mol. The van der Waals surface area contributed by atoms with Crippen molar-refractivity contribution in [1.82, 2.24) is 15.8 Å². The summed E-state index contributed by atoms with van der Waals surface area (Å²) in [4.78, 5) is 12.4. The molecule has 27 heavy (non-hydrogen) atoms. The van der Waals surface area contributed by atoms with E-state index in [0.29, 0.717) is 12.4 Å². The first-order chi connectivity index (χ1) is 12.9. The second-order valence-electron chi connectivity index (χ2n) is 6.45. The molecule has 0 fully saturated rings. The van der Waals surface area contributed by atoms with Crippen molar-refractivity contribution in [2.24, 2.45) is 0 Å². The molecule has 0 aliphatic carbocycles. The van der Waals surface area contributed by atoms with Crippen LogP contribution in [0.25, 0.3) is 0 Å². The molecule has 0 radical (unpaired) electrons. The van der Waals surface area contributed by atoms with Gasteiger partial charge in [0.15, 0.2) is 5.11 Å². The number of nitrogens with zero attached hydrogens (tertiary/aromatic N) is 1.